The summed E-state index contributed by atoms with van der Waals surface area (Å²) in [5, 5.41) is 3.18. The van der Waals surface area contributed by atoms with E-state index in [1.807, 2.05) is 19.1 Å². The molecule has 20 heavy (non-hydrogen) atoms. The van der Waals surface area contributed by atoms with Crippen molar-refractivity contribution < 1.29 is 4.79 Å². The van der Waals surface area contributed by atoms with Gasteiger partial charge in [0, 0.05) is 17.3 Å². The van der Waals surface area contributed by atoms with Crippen LogP contribution in [0.5, 0.6) is 0 Å². The SMILES string of the molecule is Cc1ccc(N)cc1C(=O)NC1CCCCCCC1.Cl. The van der Waals surface area contributed by atoms with Crippen molar-refractivity contribution in [2.24, 2.45) is 0 Å². The van der Waals surface area contributed by atoms with Crippen LogP contribution in [0.2, 0.25) is 0 Å². The fourth-order valence-electron chi connectivity index (χ4n) is 2.75. The summed E-state index contributed by atoms with van der Waals surface area (Å²) >= 11 is 0. The molecule has 1 aliphatic rings. The number of carbonyl (C=O) groups excluding carboxylic acids is 1. The van der Waals surface area contributed by atoms with Gasteiger partial charge >= 0.3 is 0 Å². The summed E-state index contributed by atoms with van der Waals surface area (Å²) in [6, 6.07) is 5.84. The number of aryl methyl sites for hydroxylation is 1. The number of rotatable bonds is 2. The van der Waals surface area contributed by atoms with Crippen LogP contribution in [0.15, 0.2) is 18.2 Å². The van der Waals surface area contributed by atoms with Crippen LogP contribution in [-0.2, 0) is 0 Å². The summed E-state index contributed by atoms with van der Waals surface area (Å²) in [5.74, 6) is 0.0235. The summed E-state index contributed by atoms with van der Waals surface area (Å²) in [7, 11) is 0. The molecule has 0 radical (unpaired) electrons. The third-order valence-corrected chi connectivity index (χ3v) is 3.95. The summed E-state index contributed by atoms with van der Waals surface area (Å²) in [5.41, 5.74) is 8.10. The quantitative estimate of drug-likeness (QED) is 0.815. The van der Waals surface area contributed by atoms with Crippen LogP contribution in [0, 0.1) is 6.92 Å². The van der Waals surface area contributed by atoms with Gasteiger partial charge in [0.15, 0.2) is 0 Å². The Hall–Kier alpha value is -1.22. The van der Waals surface area contributed by atoms with Crippen LogP contribution in [0.4, 0.5) is 5.69 Å². The summed E-state index contributed by atoms with van der Waals surface area (Å²) in [6.45, 7) is 1.95. The lowest BCUT2D eigenvalue weighted by Gasteiger charge is -2.21. The smallest absolute Gasteiger partial charge is 0.251 e. The standard InChI is InChI=1S/C16H24N2O.ClH/c1-12-9-10-13(17)11-15(12)16(19)18-14-7-5-3-2-4-6-8-14;/h9-11,14H,2-8,17H2,1H3,(H,18,19);1H. The number of hydrogen-bond acceptors (Lipinski definition) is 2. The first kappa shape index (κ1) is 16.8. The monoisotopic (exact) mass is 296 g/mol. The zero-order chi connectivity index (χ0) is 13.7. The number of anilines is 1. The van der Waals surface area contributed by atoms with Gasteiger partial charge in [0.25, 0.3) is 5.91 Å². The Morgan fingerprint density at radius 3 is 2.40 bits per heavy atom. The third-order valence-electron chi connectivity index (χ3n) is 3.95. The molecule has 0 bridgehead atoms. The number of amides is 1. The minimum atomic E-state index is 0. The second-order valence-corrected chi connectivity index (χ2v) is 5.59. The van der Waals surface area contributed by atoms with Crippen LogP contribution in [0.3, 0.4) is 0 Å². The van der Waals surface area contributed by atoms with E-state index in [9.17, 15) is 4.79 Å². The Balaban J connectivity index is 0.00000200. The molecule has 1 aromatic rings. The summed E-state index contributed by atoms with van der Waals surface area (Å²) < 4.78 is 0. The fourth-order valence-corrected chi connectivity index (χ4v) is 2.75. The highest BCUT2D eigenvalue weighted by Gasteiger charge is 2.16. The molecule has 3 N–H and O–H groups in total. The maximum Gasteiger partial charge on any atom is 0.251 e. The van der Waals surface area contributed by atoms with Crippen LogP contribution < -0.4 is 11.1 Å². The van der Waals surface area contributed by atoms with Gasteiger partial charge in [-0.15, -0.1) is 12.4 Å². The van der Waals surface area contributed by atoms with Crippen molar-refractivity contribution in [2.45, 2.75) is 57.9 Å². The van der Waals surface area contributed by atoms with Crippen LogP contribution in [-0.4, -0.2) is 11.9 Å². The first-order valence-corrected chi connectivity index (χ1v) is 7.34. The van der Waals surface area contributed by atoms with E-state index >= 15 is 0 Å². The van der Waals surface area contributed by atoms with E-state index in [-0.39, 0.29) is 18.3 Å². The molecule has 1 amide bonds. The second-order valence-electron chi connectivity index (χ2n) is 5.59. The normalized spacial score (nSPS) is 16.6. The fraction of sp³-hybridized carbons (Fsp3) is 0.562. The molecule has 0 atom stereocenters. The van der Waals surface area contributed by atoms with Crippen molar-refractivity contribution in [2.75, 3.05) is 5.73 Å². The lowest BCUT2D eigenvalue weighted by atomic mass is 9.96. The van der Waals surface area contributed by atoms with Gasteiger partial charge in [-0.2, -0.15) is 0 Å². The molecule has 0 spiro atoms. The van der Waals surface area contributed by atoms with Gasteiger partial charge in [0.1, 0.15) is 0 Å². The van der Waals surface area contributed by atoms with E-state index in [0.29, 0.717) is 17.3 Å². The first-order chi connectivity index (χ1) is 9.16. The molecule has 0 heterocycles. The molecule has 0 aromatic heterocycles. The van der Waals surface area contributed by atoms with E-state index in [0.717, 1.165) is 18.4 Å². The number of nitrogens with one attached hydrogen (secondary N) is 1. The van der Waals surface area contributed by atoms with Crippen molar-refractivity contribution >= 4 is 24.0 Å². The largest absolute Gasteiger partial charge is 0.399 e. The van der Waals surface area contributed by atoms with Crippen LogP contribution >= 0.6 is 12.4 Å². The predicted octanol–water partition coefficient (Wildman–Crippen LogP) is 3.84. The molecular formula is C16H25ClN2O. The molecule has 0 unspecified atom stereocenters. The highest BCUT2D eigenvalue weighted by Crippen LogP contribution is 2.18. The predicted molar refractivity (Wildman–Crippen MR) is 86.4 cm³/mol. The van der Waals surface area contributed by atoms with E-state index in [1.54, 1.807) is 6.07 Å². The van der Waals surface area contributed by atoms with Crippen molar-refractivity contribution in [1.82, 2.24) is 5.32 Å². The minimum Gasteiger partial charge on any atom is -0.399 e. The Labute approximate surface area is 127 Å². The molecule has 2 rings (SSSR count). The molecule has 0 aliphatic heterocycles. The number of nitrogens with two attached hydrogens (primary N) is 1. The average Bonchev–Trinajstić information content (AvgIpc) is 2.35. The van der Waals surface area contributed by atoms with Gasteiger partial charge in [-0.1, -0.05) is 38.2 Å². The molecule has 1 aromatic carbocycles. The molecule has 3 nitrogen and oxygen atoms in total. The van der Waals surface area contributed by atoms with Gasteiger partial charge in [-0.05, 0) is 37.5 Å². The maximum absolute atomic E-state index is 12.3. The van der Waals surface area contributed by atoms with Gasteiger partial charge < -0.3 is 11.1 Å². The number of carbonyl (C=O) groups is 1. The zero-order valence-corrected chi connectivity index (χ0v) is 13.0. The summed E-state index contributed by atoms with van der Waals surface area (Å²) in [6.07, 6.45) is 8.59. The highest BCUT2D eigenvalue weighted by atomic mass is 35.5. The number of hydrogen-bond donors (Lipinski definition) is 2. The number of nitrogen functional groups attached to an aromatic ring is 1. The molecular weight excluding hydrogens is 272 g/mol. The third kappa shape index (κ3) is 4.71. The average molecular weight is 297 g/mol. The summed E-state index contributed by atoms with van der Waals surface area (Å²) in [4.78, 5) is 12.3. The Morgan fingerprint density at radius 1 is 1.15 bits per heavy atom. The molecule has 1 fully saturated rings. The van der Waals surface area contributed by atoms with Gasteiger partial charge in [0.2, 0.25) is 0 Å². The van der Waals surface area contributed by atoms with Crippen LogP contribution in [0.1, 0.15) is 60.9 Å². The Kier molecular flexibility index (Phi) is 6.86. The maximum atomic E-state index is 12.3. The molecule has 4 heteroatoms. The Bertz CT molecular complexity index is 440. The molecule has 0 saturated heterocycles. The molecule has 1 aliphatic carbocycles. The van der Waals surface area contributed by atoms with Gasteiger partial charge in [0.05, 0.1) is 0 Å². The Morgan fingerprint density at radius 2 is 1.75 bits per heavy atom. The number of benzene rings is 1. The van der Waals surface area contributed by atoms with Crippen LogP contribution in [0.25, 0.3) is 0 Å². The molecule has 1 saturated carbocycles. The highest BCUT2D eigenvalue weighted by molar-refractivity contribution is 5.96. The first-order valence-electron chi connectivity index (χ1n) is 7.34. The van der Waals surface area contributed by atoms with Crippen molar-refractivity contribution in [3.63, 3.8) is 0 Å². The second kappa shape index (κ2) is 8.15. The van der Waals surface area contributed by atoms with Crippen molar-refractivity contribution in [3.8, 4) is 0 Å². The van der Waals surface area contributed by atoms with E-state index in [4.69, 9.17) is 5.73 Å². The number of halogens is 1. The molecule has 112 valence electrons. The minimum absolute atomic E-state index is 0. The van der Waals surface area contributed by atoms with E-state index in [1.165, 1.54) is 32.1 Å². The van der Waals surface area contributed by atoms with Gasteiger partial charge in [-0.25, -0.2) is 0 Å². The van der Waals surface area contributed by atoms with E-state index in [2.05, 4.69) is 5.32 Å². The van der Waals surface area contributed by atoms with Gasteiger partial charge in [-0.3, -0.25) is 4.79 Å². The van der Waals surface area contributed by atoms with E-state index < -0.39 is 0 Å². The van der Waals surface area contributed by atoms with Crippen molar-refractivity contribution in [3.05, 3.63) is 29.3 Å². The van der Waals surface area contributed by atoms with Crippen molar-refractivity contribution in [1.29, 1.82) is 0 Å². The lowest BCUT2D eigenvalue weighted by molar-refractivity contribution is 0.0930. The lowest BCUT2D eigenvalue weighted by Crippen LogP contribution is -2.35. The zero-order valence-electron chi connectivity index (χ0n) is 12.2. The topological polar surface area (TPSA) is 55.1 Å².